The van der Waals surface area contributed by atoms with Crippen molar-refractivity contribution in [1.29, 1.82) is 0 Å². The van der Waals surface area contributed by atoms with Gasteiger partial charge >= 0.3 is 0 Å². The molecule has 0 bridgehead atoms. The van der Waals surface area contributed by atoms with Crippen molar-refractivity contribution in [3.63, 3.8) is 0 Å². The molecule has 14 heavy (non-hydrogen) atoms. The third-order valence-electron chi connectivity index (χ3n) is 4.21. The second kappa shape index (κ2) is 4.65. The van der Waals surface area contributed by atoms with Crippen molar-refractivity contribution in [1.82, 2.24) is 5.32 Å². The van der Waals surface area contributed by atoms with E-state index < -0.39 is 0 Å². The smallest absolute Gasteiger partial charge is 0.0184 e. The van der Waals surface area contributed by atoms with Crippen molar-refractivity contribution >= 4 is 0 Å². The molecule has 1 nitrogen and oxygen atoms in total. The Morgan fingerprint density at radius 3 is 2.57 bits per heavy atom. The van der Waals surface area contributed by atoms with Crippen molar-refractivity contribution < 1.29 is 0 Å². The van der Waals surface area contributed by atoms with E-state index in [1.165, 1.54) is 64.3 Å². The largest absolute Gasteiger partial charge is 0.311 e. The van der Waals surface area contributed by atoms with E-state index in [1.807, 2.05) is 0 Å². The summed E-state index contributed by atoms with van der Waals surface area (Å²) in [5.41, 5.74) is 0.559. The Morgan fingerprint density at radius 1 is 1.21 bits per heavy atom. The van der Waals surface area contributed by atoms with Crippen molar-refractivity contribution in [2.24, 2.45) is 5.92 Å². The molecule has 82 valence electrons. The molecular weight excluding hydrogens is 170 g/mol. The SMILES string of the molecule is CCCC1(CC2CCCC2)CCCN1. The second-order valence-corrected chi connectivity index (χ2v) is 5.42. The summed E-state index contributed by atoms with van der Waals surface area (Å²) in [7, 11) is 0. The van der Waals surface area contributed by atoms with E-state index in [4.69, 9.17) is 0 Å². The summed E-state index contributed by atoms with van der Waals surface area (Å²) in [5, 5.41) is 3.80. The van der Waals surface area contributed by atoms with E-state index in [9.17, 15) is 0 Å². The Balaban J connectivity index is 1.89. The molecule has 2 aliphatic rings. The minimum atomic E-state index is 0.559. The molecule has 1 aliphatic carbocycles. The molecule has 1 unspecified atom stereocenters. The van der Waals surface area contributed by atoms with E-state index in [2.05, 4.69) is 12.2 Å². The lowest BCUT2D eigenvalue weighted by Crippen LogP contribution is -2.41. The van der Waals surface area contributed by atoms with Gasteiger partial charge in [-0.3, -0.25) is 0 Å². The van der Waals surface area contributed by atoms with Gasteiger partial charge in [0.05, 0.1) is 0 Å². The van der Waals surface area contributed by atoms with Crippen LogP contribution in [0.25, 0.3) is 0 Å². The fourth-order valence-corrected chi connectivity index (χ4v) is 3.60. The summed E-state index contributed by atoms with van der Waals surface area (Å²) in [4.78, 5) is 0. The van der Waals surface area contributed by atoms with Gasteiger partial charge in [-0.15, -0.1) is 0 Å². The first-order chi connectivity index (χ1) is 6.85. The predicted molar refractivity (Wildman–Crippen MR) is 61.5 cm³/mol. The molecule has 0 aromatic rings. The average Bonchev–Trinajstić information content (AvgIpc) is 2.78. The standard InChI is InChI=1S/C13H25N/c1-2-8-13(9-5-10-14-13)11-12-6-3-4-7-12/h12,14H,2-11H2,1H3. The van der Waals surface area contributed by atoms with Gasteiger partial charge in [-0.05, 0) is 38.1 Å². The zero-order valence-electron chi connectivity index (χ0n) is 9.65. The van der Waals surface area contributed by atoms with E-state index in [0.29, 0.717) is 5.54 Å². The van der Waals surface area contributed by atoms with Crippen LogP contribution in [0.5, 0.6) is 0 Å². The molecule has 1 saturated heterocycles. The van der Waals surface area contributed by atoms with Gasteiger partial charge in [0.1, 0.15) is 0 Å². The van der Waals surface area contributed by atoms with Gasteiger partial charge in [0, 0.05) is 5.54 Å². The van der Waals surface area contributed by atoms with E-state index in [1.54, 1.807) is 0 Å². The van der Waals surface area contributed by atoms with Crippen LogP contribution >= 0.6 is 0 Å². The van der Waals surface area contributed by atoms with Crippen LogP contribution in [-0.4, -0.2) is 12.1 Å². The molecule has 2 fully saturated rings. The van der Waals surface area contributed by atoms with Crippen LogP contribution in [-0.2, 0) is 0 Å². The Morgan fingerprint density at radius 2 is 2.00 bits per heavy atom. The van der Waals surface area contributed by atoms with Crippen LogP contribution in [0.2, 0.25) is 0 Å². The number of hydrogen-bond acceptors (Lipinski definition) is 1. The first kappa shape index (κ1) is 10.5. The molecule has 1 aliphatic heterocycles. The molecule has 1 heteroatoms. The lowest BCUT2D eigenvalue weighted by atomic mass is 9.82. The fourth-order valence-electron chi connectivity index (χ4n) is 3.60. The normalized spacial score (nSPS) is 34.1. The van der Waals surface area contributed by atoms with E-state index in [-0.39, 0.29) is 0 Å². The first-order valence-electron chi connectivity index (χ1n) is 6.60. The quantitative estimate of drug-likeness (QED) is 0.724. The molecule has 1 saturated carbocycles. The lowest BCUT2D eigenvalue weighted by molar-refractivity contribution is 0.265. The highest BCUT2D eigenvalue weighted by Crippen LogP contribution is 2.37. The van der Waals surface area contributed by atoms with Crippen LogP contribution in [0.3, 0.4) is 0 Å². The zero-order chi connectivity index (χ0) is 9.86. The topological polar surface area (TPSA) is 12.0 Å². The summed E-state index contributed by atoms with van der Waals surface area (Å²) in [5.74, 6) is 1.05. The van der Waals surface area contributed by atoms with Gasteiger partial charge in [0.2, 0.25) is 0 Å². The van der Waals surface area contributed by atoms with Crippen LogP contribution in [0, 0.1) is 5.92 Å². The maximum Gasteiger partial charge on any atom is 0.0184 e. The molecule has 0 aromatic heterocycles. The third-order valence-corrected chi connectivity index (χ3v) is 4.21. The maximum atomic E-state index is 3.80. The Bertz CT molecular complexity index is 164. The summed E-state index contributed by atoms with van der Waals surface area (Å²) in [6, 6.07) is 0. The maximum absolute atomic E-state index is 3.80. The molecule has 1 N–H and O–H groups in total. The molecule has 0 aromatic carbocycles. The monoisotopic (exact) mass is 195 g/mol. The molecule has 1 atom stereocenters. The van der Waals surface area contributed by atoms with Gasteiger partial charge in [-0.1, -0.05) is 39.0 Å². The number of hydrogen-bond donors (Lipinski definition) is 1. The van der Waals surface area contributed by atoms with Crippen LogP contribution in [0.1, 0.15) is 64.7 Å². The summed E-state index contributed by atoms with van der Waals surface area (Å²) >= 11 is 0. The Hall–Kier alpha value is -0.0400. The number of rotatable bonds is 4. The van der Waals surface area contributed by atoms with Crippen LogP contribution in [0.4, 0.5) is 0 Å². The zero-order valence-corrected chi connectivity index (χ0v) is 9.65. The predicted octanol–water partition coefficient (Wildman–Crippen LogP) is 3.49. The second-order valence-electron chi connectivity index (χ2n) is 5.42. The summed E-state index contributed by atoms with van der Waals surface area (Å²) < 4.78 is 0. The molecule has 1 heterocycles. The van der Waals surface area contributed by atoms with Crippen molar-refractivity contribution in [3.8, 4) is 0 Å². The summed E-state index contributed by atoms with van der Waals surface area (Å²) in [6.07, 6.45) is 13.1. The summed E-state index contributed by atoms with van der Waals surface area (Å²) in [6.45, 7) is 3.60. The molecule has 0 radical (unpaired) electrons. The Kier molecular flexibility index (Phi) is 3.48. The first-order valence-corrected chi connectivity index (χ1v) is 6.60. The van der Waals surface area contributed by atoms with Crippen molar-refractivity contribution in [2.75, 3.05) is 6.54 Å². The van der Waals surface area contributed by atoms with Gasteiger partial charge < -0.3 is 5.32 Å². The molecule has 2 rings (SSSR count). The average molecular weight is 195 g/mol. The van der Waals surface area contributed by atoms with Crippen LogP contribution in [0.15, 0.2) is 0 Å². The van der Waals surface area contributed by atoms with Crippen molar-refractivity contribution in [3.05, 3.63) is 0 Å². The highest BCUT2D eigenvalue weighted by atomic mass is 15.0. The fraction of sp³-hybridized carbons (Fsp3) is 1.00. The minimum absolute atomic E-state index is 0.559. The Labute approximate surface area is 88.7 Å². The van der Waals surface area contributed by atoms with Gasteiger partial charge in [0.15, 0.2) is 0 Å². The highest BCUT2D eigenvalue weighted by Gasteiger charge is 2.35. The number of nitrogens with one attached hydrogen (secondary N) is 1. The van der Waals surface area contributed by atoms with Gasteiger partial charge in [0.25, 0.3) is 0 Å². The molecule has 0 amide bonds. The molecule has 0 spiro atoms. The molecular formula is C13H25N. The van der Waals surface area contributed by atoms with Gasteiger partial charge in [-0.25, -0.2) is 0 Å². The highest BCUT2D eigenvalue weighted by molar-refractivity contribution is 4.94. The lowest BCUT2D eigenvalue weighted by Gasteiger charge is -2.32. The van der Waals surface area contributed by atoms with E-state index >= 15 is 0 Å². The third kappa shape index (κ3) is 2.31. The van der Waals surface area contributed by atoms with Crippen LogP contribution < -0.4 is 5.32 Å². The van der Waals surface area contributed by atoms with Gasteiger partial charge in [-0.2, -0.15) is 0 Å². The van der Waals surface area contributed by atoms with Crippen molar-refractivity contribution in [2.45, 2.75) is 70.3 Å². The van der Waals surface area contributed by atoms with E-state index in [0.717, 1.165) is 5.92 Å². The minimum Gasteiger partial charge on any atom is -0.311 e.